The van der Waals surface area contributed by atoms with Gasteiger partial charge in [0.15, 0.2) is 5.82 Å². The summed E-state index contributed by atoms with van der Waals surface area (Å²) < 4.78 is 3.42. The molecular weight excluding hydrogens is 532 g/mol. The number of allylic oxidation sites excluding steroid dienone is 1. The van der Waals surface area contributed by atoms with E-state index in [-0.39, 0.29) is 24.0 Å². The van der Waals surface area contributed by atoms with Gasteiger partial charge in [0.1, 0.15) is 6.61 Å². The van der Waals surface area contributed by atoms with Crippen LogP contribution in [0.25, 0.3) is 22.6 Å². The lowest BCUT2D eigenvalue weighted by molar-refractivity contribution is 0.252. The number of benzene rings is 2. The van der Waals surface area contributed by atoms with Crippen LogP contribution in [-0.4, -0.2) is 30.3 Å². The number of nitrogens with zero attached hydrogens (tertiary/aromatic N) is 5. The van der Waals surface area contributed by atoms with Crippen LogP contribution >= 0.6 is 0 Å². The molecule has 2 aromatic carbocycles. The predicted octanol–water partition coefficient (Wildman–Crippen LogP) is 6.18. The topological polar surface area (TPSA) is 131 Å². The molecule has 42 heavy (non-hydrogen) atoms. The number of aryl methyl sites for hydroxylation is 1. The minimum atomic E-state index is -0.941. The highest BCUT2D eigenvalue weighted by Crippen LogP contribution is 2.29. The second-order valence-electron chi connectivity index (χ2n) is 10.4. The van der Waals surface area contributed by atoms with Crippen molar-refractivity contribution in [1.82, 2.24) is 24.5 Å². The molecule has 10 nitrogen and oxygen atoms in total. The Morgan fingerprint density at radius 1 is 1.10 bits per heavy atom. The van der Waals surface area contributed by atoms with Crippen molar-refractivity contribution in [3.05, 3.63) is 98.1 Å². The first-order valence-electron chi connectivity index (χ1n) is 14.5. The van der Waals surface area contributed by atoms with Crippen molar-refractivity contribution in [3.63, 3.8) is 0 Å². The smallest absolute Gasteiger partial charge is 0.383 e. The molecule has 0 aliphatic heterocycles. The Labute approximate surface area is 245 Å². The van der Waals surface area contributed by atoms with Crippen molar-refractivity contribution in [2.45, 2.75) is 78.9 Å². The highest BCUT2D eigenvalue weighted by molar-refractivity contribution is 5.90. The van der Waals surface area contributed by atoms with E-state index in [9.17, 15) is 19.6 Å². The molecule has 2 aromatic heterocycles. The number of aliphatic hydroxyl groups is 1. The van der Waals surface area contributed by atoms with Gasteiger partial charge in [0.05, 0.1) is 5.69 Å². The van der Waals surface area contributed by atoms with E-state index < -0.39 is 6.03 Å². The van der Waals surface area contributed by atoms with Gasteiger partial charge in [-0.3, -0.25) is 9.36 Å². The Balaban J connectivity index is 1.77. The molecule has 4 rings (SSSR count). The number of rotatable bonds is 12. The van der Waals surface area contributed by atoms with Crippen LogP contribution in [0, 0.1) is 4.91 Å². The Kier molecular flexibility index (Phi) is 10.1. The third-order valence-electron chi connectivity index (χ3n) is 7.41. The number of hydrogen-bond acceptors (Lipinski definition) is 6. The van der Waals surface area contributed by atoms with Gasteiger partial charge in [-0.2, -0.15) is 4.98 Å². The van der Waals surface area contributed by atoms with Crippen LogP contribution in [0.5, 0.6) is 0 Å². The highest BCUT2D eigenvalue weighted by atomic mass is 16.3. The Hall–Kier alpha value is -4.44. The monoisotopic (exact) mass is 570 g/mol. The molecule has 0 aliphatic carbocycles. The Morgan fingerprint density at radius 2 is 1.83 bits per heavy atom. The quantitative estimate of drug-likeness (QED) is 0.196. The lowest BCUT2D eigenvalue weighted by atomic mass is 9.95. The minimum absolute atomic E-state index is 0.0863. The summed E-state index contributed by atoms with van der Waals surface area (Å²) in [6, 6.07) is 14.6. The maximum Gasteiger partial charge on any atom is 0.383 e. The molecule has 0 bridgehead atoms. The van der Waals surface area contributed by atoms with Gasteiger partial charge in [0.2, 0.25) is 5.78 Å². The van der Waals surface area contributed by atoms with Crippen LogP contribution in [0.4, 0.5) is 4.79 Å². The van der Waals surface area contributed by atoms with E-state index >= 15 is 0 Å². The summed E-state index contributed by atoms with van der Waals surface area (Å²) in [5.74, 6) is 0.748. The Bertz CT molecular complexity index is 1650. The zero-order chi connectivity index (χ0) is 30.2. The normalized spacial score (nSPS) is 12.5. The van der Waals surface area contributed by atoms with Gasteiger partial charge in [0.25, 0.3) is 5.56 Å². The molecule has 1 unspecified atom stereocenters. The standard InChI is InChI=1S/C32H38N6O4/c1-5-8-14-27(33-31(41)36-42)25-13-10-9-12-24(25)23-17-15-22(16-18-23)19-26-28(11-6-2)38-32(34-29(20-39)35-38)37(30(26)40)21(4)7-3/h9-10,12-18,21,39H,5-8,11,19-20H2,1-4H3,(H,33,41)/b27-14+. The van der Waals surface area contributed by atoms with Crippen molar-refractivity contribution < 1.29 is 9.90 Å². The number of fused-ring (bicyclic) bond motifs is 1. The first-order valence-corrected chi connectivity index (χ1v) is 14.5. The fourth-order valence-electron chi connectivity index (χ4n) is 5.12. The summed E-state index contributed by atoms with van der Waals surface area (Å²) in [4.78, 5) is 41.0. The first-order chi connectivity index (χ1) is 20.4. The maximum atomic E-state index is 13.9. The fraction of sp³-hybridized carbons (Fsp3) is 0.375. The Morgan fingerprint density at radius 3 is 2.48 bits per heavy atom. The summed E-state index contributed by atoms with van der Waals surface area (Å²) in [6.45, 7) is 7.81. The van der Waals surface area contributed by atoms with Crippen LogP contribution in [0.15, 0.2) is 64.6 Å². The molecule has 4 aromatic rings. The van der Waals surface area contributed by atoms with Gasteiger partial charge in [-0.05, 0) is 42.9 Å². The van der Waals surface area contributed by atoms with Crippen molar-refractivity contribution >= 4 is 17.5 Å². The van der Waals surface area contributed by atoms with E-state index in [2.05, 4.69) is 27.5 Å². The number of unbranched alkanes of at least 4 members (excludes halogenated alkanes) is 1. The van der Waals surface area contributed by atoms with Crippen molar-refractivity contribution in [2.24, 2.45) is 5.18 Å². The van der Waals surface area contributed by atoms with Gasteiger partial charge < -0.3 is 10.4 Å². The molecule has 1 atom stereocenters. The number of nitroso groups, excluding NO2 is 1. The van der Waals surface area contributed by atoms with Gasteiger partial charge >= 0.3 is 6.03 Å². The van der Waals surface area contributed by atoms with Crippen LogP contribution < -0.4 is 10.9 Å². The molecule has 0 aliphatic rings. The number of amides is 2. The number of nitrogens with one attached hydrogen (secondary N) is 1. The summed E-state index contributed by atoms with van der Waals surface area (Å²) in [5, 5.41) is 19.4. The number of aromatic nitrogens is 4. The second kappa shape index (κ2) is 14.0. The molecule has 220 valence electrons. The number of carbonyl (C=O) groups is 1. The molecule has 0 radical (unpaired) electrons. The second-order valence-corrected chi connectivity index (χ2v) is 10.4. The van der Waals surface area contributed by atoms with Crippen LogP contribution in [-0.2, 0) is 19.4 Å². The lowest BCUT2D eigenvalue weighted by Crippen LogP contribution is -2.31. The number of urea groups is 1. The zero-order valence-electron chi connectivity index (χ0n) is 24.6. The minimum Gasteiger partial charge on any atom is -0.388 e. The maximum absolute atomic E-state index is 13.9. The number of carbonyl (C=O) groups excluding carboxylic acids is 1. The summed E-state index contributed by atoms with van der Waals surface area (Å²) in [5.41, 5.74) is 5.50. The molecule has 0 saturated carbocycles. The average Bonchev–Trinajstić information content (AvgIpc) is 3.45. The van der Waals surface area contributed by atoms with Gasteiger partial charge in [0, 0.05) is 34.5 Å². The molecule has 0 saturated heterocycles. The van der Waals surface area contributed by atoms with Crippen molar-refractivity contribution in [2.75, 3.05) is 0 Å². The van der Waals surface area contributed by atoms with Gasteiger partial charge in [-0.15, -0.1) is 10.0 Å². The molecule has 10 heteroatoms. The van der Waals surface area contributed by atoms with E-state index in [4.69, 9.17) is 0 Å². The average molecular weight is 571 g/mol. The van der Waals surface area contributed by atoms with Crippen LogP contribution in [0.2, 0.25) is 0 Å². The predicted molar refractivity (Wildman–Crippen MR) is 164 cm³/mol. The SMILES string of the molecule is CCC/C=C(/NC(=O)N=O)c1ccccc1-c1ccc(Cc2c(CCC)n3nc(CO)nc3n(C(C)CC)c2=O)cc1. The number of aliphatic hydroxyl groups excluding tert-OH is 1. The van der Waals surface area contributed by atoms with Crippen LogP contribution in [0.3, 0.4) is 0 Å². The molecule has 2 heterocycles. The fourth-order valence-corrected chi connectivity index (χ4v) is 5.12. The third kappa shape index (κ3) is 6.38. The molecule has 2 N–H and O–H groups in total. The first kappa shape index (κ1) is 30.5. The summed E-state index contributed by atoms with van der Waals surface area (Å²) in [7, 11) is 0. The van der Waals surface area contributed by atoms with E-state index in [1.165, 1.54) is 0 Å². The molecule has 0 fully saturated rings. The van der Waals surface area contributed by atoms with E-state index in [0.717, 1.165) is 53.6 Å². The van der Waals surface area contributed by atoms with E-state index in [0.29, 0.717) is 29.9 Å². The number of hydrogen-bond donors (Lipinski definition) is 2. The van der Waals surface area contributed by atoms with Gasteiger partial charge in [-0.25, -0.2) is 9.31 Å². The van der Waals surface area contributed by atoms with E-state index in [1.807, 2.05) is 75.4 Å². The van der Waals surface area contributed by atoms with Crippen molar-refractivity contribution in [3.8, 4) is 11.1 Å². The largest absolute Gasteiger partial charge is 0.388 e. The zero-order valence-corrected chi connectivity index (χ0v) is 24.6. The van der Waals surface area contributed by atoms with Crippen LogP contribution in [0.1, 0.15) is 87.6 Å². The molecule has 0 spiro atoms. The lowest BCUT2D eigenvalue weighted by Gasteiger charge is -2.19. The van der Waals surface area contributed by atoms with E-state index in [1.54, 1.807) is 9.08 Å². The molecule has 2 amide bonds. The summed E-state index contributed by atoms with van der Waals surface area (Å²) in [6.07, 6.45) is 6.14. The highest BCUT2D eigenvalue weighted by Gasteiger charge is 2.22. The van der Waals surface area contributed by atoms with Crippen molar-refractivity contribution in [1.29, 1.82) is 0 Å². The third-order valence-corrected chi connectivity index (χ3v) is 7.41. The van der Waals surface area contributed by atoms with Gasteiger partial charge in [-0.1, -0.05) is 88.2 Å². The summed E-state index contributed by atoms with van der Waals surface area (Å²) >= 11 is 0. The molecular formula is C32H38N6O4.